The van der Waals surface area contributed by atoms with Crippen LogP contribution in [0.3, 0.4) is 0 Å². The molecule has 0 fully saturated rings. The highest BCUT2D eigenvalue weighted by Gasteiger charge is 2.22. The van der Waals surface area contributed by atoms with Crippen molar-refractivity contribution in [3.8, 4) is 0 Å². The summed E-state index contributed by atoms with van der Waals surface area (Å²) in [5.74, 6) is 0. The second kappa shape index (κ2) is 8.49. The van der Waals surface area contributed by atoms with Crippen LogP contribution in [-0.2, 0) is 5.41 Å². The molecule has 0 atom stereocenters. The van der Waals surface area contributed by atoms with E-state index in [2.05, 4.69) is 117 Å². The fourth-order valence-electron chi connectivity index (χ4n) is 3.22. The van der Waals surface area contributed by atoms with Crippen LogP contribution < -0.4 is 0 Å². The van der Waals surface area contributed by atoms with Crippen molar-refractivity contribution in [1.29, 1.82) is 0 Å². The number of hydrogen-bond acceptors (Lipinski definition) is 0. The quantitative estimate of drug-likeness (QED) is 0.419. The normalized spacial score (nSPS) is 12.5. The number of rotatable bonds is 6. The molecule has 0 aliphatic rings. The van der Waals surface area contributed by atoms with Crippen molar-refractivity contribution in [2.45, 2.75) is 25.7 Å². The van der Waals surface area contributed by atoms with E-state index in [-0.39, 0.29) is 5.41 Å². The molecule has 0 heterocycles. The van der Waals surface area contributed by atoms with E-state index in [1.807, 2.05) is 6.07 Å². The minimum absolute atomic E-state index is 0.0729. The van der Waals surface area contributed by atoms with Crippen LogP contribution in [0.25, 0.3) is 11.6 Å². The monoisotopic (exact) mass is 338 g/mol. The lowest BCUT2D eigenvalue weighted by molar-refractivity contribution is 0.542. The van der Waals surface area contributed by atoms with Gasteiger partial charge in [-0.05, 0) is 34.1 Å². The summed E-state index contributed by atoms with van der Waals surface area (Å²) >= 11 is 0. The summed E-state index contributed by atoms with van der Waals surface area (Å²) in [6.45, 7) is 4.64. The molecule has 0 radical (unpaired) electrons. The van der Waals surface area contributed by atoms with E-state index < -0.39 is 0 Å². The van der Waals surface area contributed by atoms with Crippen LogP contribution in [0.15, 0.2) is 103 Å². The summed E-state index contributed by atoms with van der Waals surface area (Å²) in [5.41, 5.74) is 5.30. The van der Waals surface area contributed by atoms with Gasteiger partial charge in [-0.25, -0.2) is 0 Å². The molecule has 3 aromatic carbocycles. The molecule has 0 saturated heterocycles. The van der Waals surface area contributed by atoms with Crippen molar-refractivity contribution < 1.29 is 0 Å². The van der Waals surface area contributed by atoms with Gasteiger partial charge in [0.25, 0.3) is 0 Å². The Morgan fingerprint density at radius 3 is 1.88 bits per heavy atom. The molecule has 0 spiro atoms. The van der Waals surface area contributed by atoms with Gasteiger partial charge in [0.05, 0.1) is 0 Å². The Bertz CT molecular complexity index is 854. The first-order valence-electron chi connectivity index (χ1n) is 9.18. The second-order valence-corrected chi connectivity index (χ2v) is 7.25. The molecule has 0 bridgehead atoms. The lowest BCUT2D eigenvalue weighted by Gasteiger charge is -2.27. The molecule has 0 aromatic heterocycles. The van der Waals surface area contributed by atoms with Crippen LogP contribution >= 0.6 is 0 Å². The average molecular weight is 338 g/mol. The number of allylic oxidation sites excluding steroid dienone is 3. The second-order valence-electron chi connectivity index (χ2n) is 7.25. The van der Waals surface area contributed by atoms with Gasteiger partial charge in [0.15, 0.2) is 0 Å². The summed E-state index contributed by atoms with van der Waals surface area (Å²) in [7, 11) is 0. The van der Waals surface area contributed by atoms with Crippen LogP contribution in [0.5, 0.6) is 0 Å². The van der Waals surface area contributed by atoms with E-state index in [0.717, 1.165) is 6.42 Å². The third-order valence-corrected chi connectivity index (χ3v) is 4.72. The minimum atomic E-state index is 0.0729. The van der Waals surface area contributed by atoms with Gasteiger partial charge in [-0.3, -0.25) is 0 Å². The summed E-state index contributed by atoms with van der Waals surface area (Å²) < 4.78 is 0. The van der Waals surface area contributed by atoms with E-state index in [4.69, 9.17) is 0 Å². The Morgan fingerprint density at radius 2 is 1.27 bits per heavy atom. The molecule has 0 amide bonds. The molecule has 26 heavy (non-hydrogen) atoms. The first-order valence-corrected chi connectivity index (χ1v) is 9.18. The van der Waals surface area contributed by atoms with Crippen molar-refractivity contribution in [2.75, 3.05) is 0 Å². The molecule has 0 N–H and O–H groups in total. The zero-order valence-corrected chi connectivity index (χ0v) is 15.6. The van der Waals surface area contributed by atoms with Crippen LogP contribution in [0.4, 0.5) is 0 Å². The molecule has 0 unspecified atom stereocenters. The Balaban J connectivity index is 1.89. The van der Waals surface area contributed by atoms with Gasteiger partial charge >= 0.3 is 0 Å². The standard InChI is InChI=1S/C26H26/c1-26(2,25-19-10-5-11-20-25)21-24(23-16-8-4-9-17-23)18-12-15-22-13-6-3-7-14-22/h3-20H,21H2,1-2H3. The highest BCUT2D eigenvalue weighted by Crippen LogP contribution is 2.34. The van der Waals surface area contributed by atoms with E-state index >= 15 is 0 Å². The smallest absolute Gasteiger partial charge is 0.00630 e. The van der Waals surface area contributed by atoms with Gasteiger partial charge in [0, 0.05) is 0 Å². The van der Waals surface area contributed by atoms with E-state index in [9.17, 15) is 0 Å². The van der Waals surface area contributed by atoms with E-state index in [1.54, 1.807) is 0 Å². The van der Waals surface area contributed by atoms with Crippen molar-refractivity contribution in [1.82, 2.24) is 0 Å². The van der Waals surface area contributed by atoms with Crippen LogP contribution in [0, 0.1) is 0 Å². The first kappa shape index (κ1) is 17.9. The van der Waals surface area contributed by atoms with Gasteiger partial charge in [-0.15, -0.1) is 0 Å². The molecule has 0 aliphatic carbocycles. The lowest BCUT2D eigenvalue weighted by Crippen LogP contribution is -2.17. The molecule has 3 rings (SSSR count). The van der Waals surface area contributed by atoms with Crippen molar-refractivity contribution >= 4 is 11.6 Å². The Morgan fingerprint density at radius 1 is 0.731 bits per heavy atom. The maximum atomic E-state index is 2.32. The highest BCUT2D eigenvalue weighted by atomic mass is 14.3. The Labute approximate surface area is 157 Å². The van der Waals surface area contributed by atoms with Crippen molar-refractivity contribution in [3.05, 3.63) is 120 Å². The predicted molar refractivity (Wildman–Crippen MR) is 114 cm³/mol. The highest BCUT2D eigenvalue weighted by molar-refractivity contribution is 5.70. The number of benzene rings is 3. The van der Waals surface area contributed by atoms with Crippen LogP contribution in [-0.4, -0.2) is 0 Å². The van der Waals surface area contributed by atoms with Gasteiger partial charge in [0.1, 0.15) is 0 Å². The third kappa shape index (κ3) is 4.83. The van der Waals surface area contributed by atoms with Crippen molar-refractivity contribution in [2.24, 2.45) is 0 Å². The largest absolute Gasteiger partial charge is 0.0622 e. The van der Waals surface area contributed by atoms with E-state index in [1.165, 1.54) is 22.3 Å². The number of hydrogen-bond donors (Lipinski definition) is 0. The molecular formula is C26H26. The summed E-state index contributed by atoms with van der Waals surface area (Å²) in [4.78, 5) is 0. The Hall–Kier alpha value is -2.86. The fraction of sp³-hybridized carbons (Fsp3) is 0.154. The van der Waals surface area contributed by atoms with Crippen LogP contribution in [0.2, 0.25) is 0 Å². The Kier molecular flexibility index (Phi) is 5.86. The molecule has 0 saturated carbocycles. The molecule has 0 heteroatoms. The zero-order valence-electron chi connectivity index (χ0n) is 15.6. The summed E-state index contributed by atoms with van der Waals surface area (Å²) in [5, 5.41) is 0. The van der Waals surface area contributed by atoms with Gasteiger partial charge in [-0.1, -0.05) is 123 Å². The molecular weight excluding hydrogens is 312 g/mol. The van der Waals surface area contributed by atoms with Gasteiger partial charge in [0.2, 0.25) is 0 Å². The molecule has 3 aromatic rings. The van der Waals surface area contributed by atoms with Crippen LogP contribution in [0.1, 0.15) is 37.0 Å². The fourth-order valence-corrected chi connectivity index (χ4v) is 3.22. The predicted octanol–water partition coefficient (Wildman–Crippen LogP) is 7.15. The summed E-state index contributed by atoms with van der Waals surface area (Å²) in [6, 6.07) is 31.9. The molecule has 130 valence electrons. The van der Waals surface area contributed by atoms with Gasteiger partial charge < -0.3 is 0 Å². The SMILES string of the molecule is CC(C)(CC(=CC=Cc1ccccc1)c1ccccc1)c1ccccc1. The maximum Gasteiger partial charge on any atom is -0.00630 e. The molecule has 0 aliphatic heterocycles. The zero-order chi connectivity index (χ0) is 18.2. The van der Waals surface area contributed by atoms with E-state index in [0.29, 0.717) is 0 Å². The summed E-state index contributed by atoms with van der Waals surface area (Å²) in [6.07, 6.45) is 7.57. The lowest BCUT2D eigenvalue weighted by atomic mass is 9.77. The average Bonchev–Trinajstić information content (AvgIpc) is 2.69. The molecule has 0 nitrogen and oxygen atoms in total. The topological polar surface area (TPSA) is 0 Å². The minimum Gasteiger partial charge on any atom is -0.0622 e. The van der Waals surface area contributed by atoms with Gasteiger partial charge in [-0.2, -0.15) is 0 Å². The maximum absolute atomic E-state index is 2.32. The third-order valence-electron chi connectivity index (χ3n) is 4.72. The first-order chi connectivity index (χ1) is 12.6. The van der Waals surface area contributed by atoms with Crippen molar-refractivity contribution in [3.63, 3.8) is 0 Å².